The Morgan fingerprint density at radius 2 is 2.00 bits per heavy atom. The van der Waals surface area contributed by atoms with E-state index < -0.39 is 12.0 Å². The summed E-state index contributed by atoms with van der Waals surface area (Å²) >= 11 is 0. The molecular weight excluding hydrogens is 287 g/mol. The van der Waals surface area contributed by atoms with E-state index in [0.717, 1.165) is 5.69 Å². The van der Waals surface area contributed by atoms with Crippen molar-refractivity contribution in [2.75, 3.05) is 17.3 Å². The van der Waals surface area contributed by atoms with Gasteiger partial charge in [0, 0.05) is 38.0 Å². The van der Waals surface area contributed by atoms with Crippen molar-refractivity contribution in [1.82, 2.24) is 19.7 Å². The molecule has 0 bridgehead atoms. The topological polar surface area (TPSA) is 93.7 Å². The maximum Gasteiger partial charge on any atom is 0.451 e. The van der Waals surface area contributed by atoms with Crippen LogP contribution in [0.4, 0.5) is 24.8 Å². The second-order valence-electron chi connectivity index (χ2n) is 4.23. The first-order chi connectivity index (χ1) is 9.90. The van der Waals surface area contributed by atoms with Gasteiger partial charge in [-0.15, -0.1) is 0 Å². The van der Waals surface area contributed by atoms with Gasteiger partial charge in [-0.25, -0.2) is 15.8 Å². The van der Waals surface area contributed by atoms with Gasteiger partial charge in [0.1, 0.15) is 11.6 Å². The lowest BCUT2D eigenvalue weighted by Crippen LogP contribution is -2.18. The van der Waals surface area contributed by atoms with Gasteiger partial charge in [0.15, 0.2) is 0 Å². The average Bonchev–Trinajstić information content (AvgIpc) is 2.83. The van der Waals surface area contributed by atoms with E-state index in [4.69, 9.17) is 5.84 Å². The van der Waals surface area contributed by atoms with Crippen LogP contribution in [0.2, 0.25) is 0 Å². The van der Waals surface area contributed by atoms with E-state index in [1.165, 1.54) is 6.07 Å². The van der Waals surface area contributed by atoms with Crippen LogP contribution in [0.3, 0.4) is 0 Å². The highest BCUT2D eigenvalue weighted by Crippen LogP contribution is 2.28. The molecule has 0 aliphatic rings. The van der Waals surface area contributed by atoms with E-state index in [1.54, 1.807) is 17.9 Å². The van der Waals surface area contributed by atoms with E-state index in [0.29, 0.717) is 13.0 Å². The van der Waals surface area contributed by atoms with Crippen LogP contribution in [-0.4, -0.2) is 26.3 Å². The van der Waals surface area contributed by atoms with E-state index in [1.807, 2.05) is 6.07 Å². The third-order valence-corrected chi connectivity index (χ3v) is 2.74. The molecule has 0 saturated heterocycles. The van der Waals surface area contributed by atoms with Gasteiger partial charge >= 0.3 is 6.18 Å². The molecule has 114 valence electrons. The Morgan fingerprint density at radius 3 is 2.57 bits per heavy atom. The average molecular weight is 301 g/mol. The van der Waals surface area contributed by atoms with Gasteiger partial charge < -0.3 is 10.7 Å². The van der Waals surface area contributed by atoms with E-state index in [9.17, 15) is 13.2 Å². The number of rotatable bonds is 5. The first kappa shape index (κ1) is 15.0. The number of hydrogen-bond acceptors (Lipinski definition) is 6. The molecule has 2 rings (SSSR count). The molecule has 0 atom stereocenters. The summed E-state index contributed by atoms with van der Waals surface area (Å²) in [6, 6.07) is 3.13. The number of halogens is 3. The first-order valence-electron chi connectivity index (χ1n) is 6.04. The zero-order valence-corrected chi connectivity index (χ0v) is 11.1. The lowest BCUT2D eigenvalue weighted by molar-refractivity contribution is -0.144. The number of aryl methyl sites for hydroxylation is 1. The van der Waals surface area contributed by atoms with Crippen molar-refractivity contribution in [2.24, 2.45) is 12.9 Å². The predicted octanol–water partition coefficient (Wildman–Crippen LogP) is 1.17. The van der Waals surface area contributed by atoms with Crippen molar-refractivity contribution in [3.63, 3.8) is 0 Å². The van der Waals surface area contributed by atoms with Crippen LogP contribution in [0.25, 0.3) is 0 Å². The summed E-state index contributed by atoms with van der Waals surface area (Å²) in [4.78, 5) is 6.70. The molecule has 2 aromatic rings. The molecular formula is C11H14F3N7. The highest BCUT2D eigenvalue weighted by molar-refractivity contribution is 5.47. The molecule has 0 aliphatic carbocycles. The number of nitrogens with two attached hydrogens (primary N) is 1. The fourth-order valence-corrected chi connectivity index (χ4v) is 1.70. The Balaban J connectivity index is 2.07. The van der Waals surface area contributed by atoms with Gasteiger partial charge in [-0.1, -0.05) is 0 Å². The molecule has 0 unspecified atom stereocenters. The zero-order valence-electron chi connectivity index (χ0n) is 11.1. The Morgan fingerprint density at radius 1 is 1.29 bits per heavy atom. The zero-order chi connectivity index (χ0) is 15.5. The minimum Gasteiger partial charge on any atom is -0.370 e. The van der Waals surface area contributed by atoms with Crippen molar-refractivity contribution in [2.45, 2.75) is 12.6 Å². The van der Waals surface area contributed by atoms with Crippen LogP contribution < -0.4 is 16.6 Å². The third kappa shape index (κ3) is 3.81. The van der Waals surface area contributed by atoms with Crippen LogP contribution in [0, 0.1) is 0 Å². The smallest absolute Gasteiger partial charge is 0.370 e. The molecule has 0 saturated carbocycles. The SMILES string of the molecule is Cn1nccc1CCNc1cc(NN)nc(C(F)(F)F)n1. The van der Waals surface area contributed by atoms with Crippen molar-refractivity contribution >= 4 is 11.6 Å². The number of aromatic nitrogens is 4. The van der Waals surface area contributed by atoms with Gasteiger partial charge in [0.2, 0.25) is 5.82 Å². The van der Waals surface area contributed by atoms with Gasteiger partial charge in [0.05, 0.1) is 0 Å². The fraction of sp³-hybridized carbons (Fsp3) is 0.364. The number of anilines is 2. The Hall–Kier alpha value is -2.36. The molecule has 0 fully saturated rings. The summed E-state index contributed by atoms with van der Waals surface area (Å²) in [5.41, 5.74) is 3.04. The first-order valence-corrected chi connectivity index (χ1v) is 6.04. The number of nitrogens with one attached hydrogen (secondary N) is 2. The number of hydrogen-bond donors (Lipinski definition) is 3. The molecule has 0 amide bonds. The summed E-state index contributed by atoms with van der Waals surface area (Å²) in [5.74, 6) is 3.80. The fourth-order valence-electron chi connectivity index (χ4n) is 1.70. The minimum atomic E-state index is -4.63. The van der Waals surface area contributed by atoms with Crippen molar-refractivity contribution in [3.8, 4) is 0 Å². The molecule has 7 nitrogen and oxygen atoms in total. The van der Waals surface area contributed by atoms with Crippen LogP contribution >= 0.6 is 0 Å². The summed E-state index contributed by atoms with van der Waals surface area (Å²) in [6.07, 6.45) is -2.39. The van der Waals surface area contributed by atoms with Gasteiger partial charge in [0.25, 0.3) is 0 Å². The molecule has 21 heavy (non-hydrogen) atoms. The van der Waals surface area contributed by atoms with Crippen molar-refractivity contribution < 1.29 is 13.2 Å². The predicted molar refractivity (Wildman–Crippen MR) is 70.2 cm³/mol. The number of nitrogens with zero attached hydrogens (tertiary/aromatic N) is 4. The molecule has 4 N–H and O–H groups in total. The van der Waals surface area contributed by atoms with Crippen LogP contribution in [0.1, 0.15) is 11.5 Å². The summed E-state index contributed by atoms with van der Waals surface area (Å²) < 4.78 is 39.6. The Bertz CT molecular complexity index is 608. The van der Waals surface area contributed by atoms with Crippen LogP contribution in [0.5, 0.6) is 0 Å². The van der Waals surface area contributed by atoms with Gasteiger partial charge in [-0.2, -0.15) is 18.3 Å². The van der Waals surface area contributed by atoms with Crippen molar-refractivity contribution in [1.29, 1.82) is 0 Å². The number of hydrazine groups is 1. The van der Waals surface area contributed by atoms with E-state index in [-0.39, 0.29) is 11.6 Å². The number of alkyl halides is 3. The summed E-state index contributed by atoms with van der Waals surface area (Å²) in [6.45, 7) is 0.401. The lowest BCUT2D eigenvalue weighted by Gasteiger charge is -2.11. The molecule has 0 radical (unpaired) electrons. The maximum atomic E-state index is 12.6. The monoisotopic (exact) mass is 301 g/mol. The highest BCUT2D eigenvalue weighted by Gasteiger charge is 2.35. The molecule has 0 spiro atoms. The summed E-state index contributed by atoms with van der Waals surface area (Å²) in [5, 5.41) is 6.81. The lowest BCUT2D eigenvalue weighted by atomic mass is 10.3. The molecule has 10 heteroatoms. The highest BCUT2D eigenvalue weighted by atomic mass is 19.4. The largest absolute Gasteiger partial charge is 0.451 e. The Kier molecular flexibility index (Phi) is 4.26. The van der Waals surface area contributed by atoms with E-state index >= 15 is 0 Å². The third-order valence-electron chi connectivity index (χ3n) is 2.74. The summed E-state index contributed by atoms with van der Waals surface area (Å²) in [7, 11) is 1.79. The second kappa shape index (κ2) is 5.95. The van der Waals surface area contributed by atoms with Crippen LogP contribution in [0.15, 0.2) is 18.3 Å². The van der Waals surface area contributed by atoms with E-state index in [2.05, 4.69) is 25.8 Å². The molecule has 2 aromatic heterocycles. The standard InChI is InChI=1S/C11H14F3N7/c1-21-7(3-5-17-21)2-4-16-8-6-9(20-15)19-10(18-8)11(12,13)14/h3,5-6H,2,4,15H2,1H3,(H2,16,18,19,20). The normalized spacial score (nSPS) is 11.5. The van der Waals surface area contributed by atoms with Gasteiger partial charge in [-0.3, -0.25) is 4.68 Å². The van der Waals surface area contributed by atoms with Crippen LogP contribution in [-0.2, 0) is 19.6 Å². The molecule has 0 aromatic carbocycles. The molecule has 2 heterocycles. The minimum absolute atomic E-state index is 0.0486. The quantitative estimate of drug-likeness (QED) is 0.567. The number of nitrogen functional groups attached to an aromatic ring is 1. The van der Waals surface area contributed by atoms with Crippen molar-refractivity contribution in [3.05, 3.63) is 29.8 Å². The second-order valence-corrected chi connectivity index (χ2v) is 4.23. The Labute approximate surface area is 118 Å². The maximum absolute atomic E-state index is 12.6. The molecule has 0 aliphatic heterocycles. The van der Waals surface area contributed by atoms with Gasteiger partial charge in [-0.05, 0) is 6.07 Å².